The minimum atomic E-state index is -3.77. The molecule has 34 heavy (non-hydrogen) atoms. The Labute approximate surface area is 195 Å². The van der Waals surface area contributed by atoms with Gasteiger partial charge in [-0.25, -0.2) is 17.9 Å². The molecule has 0 aliphatic carbocycles. The van der Waals surface area contributed by atoms with Gasteiger partial charge in [-0.2, -0.15) is 0 Å². The smallest absolute Gasteiger partial charge is 0.336 e. The van der Waals surface area contributed by atoms with Crippen LogP contribution in [0.25, 0.3) is 11.0 Å². The summed E-state index contributed by atoms with van der Waals surface area (Å²) in [5.74, 6) is 0.881. The van der Waals surface area contributed by atoms with Gasteiger partial charge >= 0.3 is 11.6 Å². The third-order valence-corrected chi connectivity index (χ3v) is 6.56. The molecule has 1 aliphatic heterocycles. The van der Waals surface area contributed by atoms with E-state index in [1.165, 1.54) is 25.3 Å². The molecule has 0 unspecified atom stereocenters. The normalized spacial score (nSPS) is 13.0. The molecule has 2 aromatic carbocycles. The maximum absolute atomic E-state index is 12.5. The number of carbonyl (C=O) groups excluding carboxylic acids is 1. The Bertz CT molecular complexity index is 1360. The molecular formula is C23H23NO9S. The van der Waals surface area contributed by atoms with Gasteiger partial charge in [0.1, 0.15) is 31.2 Å². The summed E-state index contributed by atoms with van der Waals surface area (Å²) in [7, 11) is -2.27. The van der Waals surface area contributed by atoms with E-state index in [9.17, 15) is 18.0 Å². The van der Waals surface area contributed by atoms with Crippen molar-refractivity contribution in [3.63, 3.8) is 0 Å². The van der Waals surface area contributed by atoms with Crippen LogP contribution in [0.15, 0.2) is 56.6 Å². The van der Waals surface area contributed by atoms with Gasteiger partial charge in [0.15, 0.2) is 11.5 Å². The first-order chi connectivity index (χ1) is 16.4. The van der Waals surface area contributed by atoms with Gasteiger partial charge in [0.2, 0.25) is 10.0 Å². The van der Waals surface area contributed by atoms with Crippen LogP contribution < -0.4 is 24.6 Å². The molecule has 1 aromatic heterocycles. The Hall–Kier alpha value is -3.57. The molecule has 1 N–H and O–H groups in total. The van der Waals surface area contributed by atoms with E-state index >= 15 is 0 Å². The zero-order chi connectivity index (χ0) is 24.1. The molecule has 0 amide bonds. The minimum absolute atomic E-state index is 0.00312. The van der Waals surface area contributed by atoms with Crippen LogP contribution in [-0.4, -0.2) is 41.3 Å². The van der Waals surface area contributed by atoms with E-state index in [0.717, 1.165) is 0 Å². The number of esters is 1. The van der Waals surface area contributed by atoms with Crippen LogP contribution in [0.1, 0.15) is 18.4 Å². The van der Waals surface area contributed by atoms with E-state index in [0.29, 0.717) is 47.0 Å². The Balaban J connectivity index is 1.28. The fourth-order valence-electron chi connectivity index (χ4n) is 3.40. The van der Waals surface area contributed by atoms with Gasteiger partial charge in [0, 0.05) is 42.1 Å². The molecule has 11 heteroatoms. The number of hydrogen-bond donors (Lipinski definition) is 1. The van der Waals surface area contributed by atoms with Gasteiger partial charge in [0.05, 0.1) is 12.0 Å². The number of ether oxygens (including phenoxy) is 4. The van der Waals surface area contributed by atoms with Gasteiger partial charge in [0.25, 0.3) is 0 Å². The van der Waals surface area contributed by atoms with Crippen LogP contribution in [0.5, 0.6) is 17.2 Å². The first-order valence-corrected chi connectivity index (χ1v) is 12.0. The number of carbonyl (C=O) groups is 1. The Morgan fingerprint density at radius 1 is 1.06 bits per heavy atom. The van der Waals surface area contributed by atoms with Crippen LogP contribution >= 0.6 is 0 Å². The van der Waals surface area contributed by atoms with E-state index < -0.39 is 21.6 Å². The van der Waals surface area contributed by atoms with Crippen LogP contribution in [0, 0.1) is 0 Å². The molecule has 3 aromatic rings. The molecule has 180 valence electrons. The van der Waals surface area contributed by atoms with E-state index in [1.807, 2.05) is 0 Å². The topological polar surface area (TPSA) is 130 Å². The molecule has 0 radical (unpaired) electrons. The summed E-state index contributed by atoms with van der Waals surface area (Å²) in [5.41, 5.74) is 0.258. The number of nitrogens with one attached hydrogen (secondary N) is 1. The van der Waals surface area contributed by atoms with E-state index in [-0.39, 0.29) is 30.9 Å². The lowest BCUT2D eigenvalue weighted by molar-refractivity contribution is -0.145. The Morgan fingerprint density at radius 2 is 1.85 bits per heavy atom. The molecule has 4 rings (SSSR count). The summed E-state index contributed by atoms with van der Waals surface area (Å²) >= 11 is 0. The molecule has 2 heterocycles. The van der Waals surface area contributed by atoms with Crippen LogP contribution in [0.2, 0.25) is 0 Å². The highest BCUT2D eigenvalue weighted by atomic mass is 32.2. The summed E-state index contributed by atoms with van der Waals surface area (Å²) in [6.07, 6.45) is 0.231. The standard InChI is InChI=1S/C23H23NO9S/c1-29-16-4-6-18-15(11-23(26)33-20(18)12-16)14-32-22(25)3-2-8-24-34(27,28)17-5-7-19-21(13-17)31-10-9-30-19/h4-7,11-13,24H,2-3,8-10,14H2,1H3. The number of fused-ring (bicyclic) bond motifs is 2. The molecule has 1 aliphatic rings. The van der Waals surface area contributed by atoms with Gasteiger partial charge in [-0.15, -0.1) is 0 Å². The summed E-state index contributed by atoms with van der Waals surface area (Å²) in [5, 5.41) is 0.625. The van der Waals surface area contributed by atoms with Gasteiger partial charge in [-0.05, 0) is 30.7 Å². The lowest BCUT2D eigenvalue weighted by Crippen LogP contribution is -2.25. The number of hydrogen-bond acceptors (Lipinski definition) is 9. The number of sulfonamides is 1. The second kappa shape index (κ2) is 10.1. The summed E-state index contributed by atoms with van der Waals surface area (Å²) in [4.78, 5) is 24.0. The molecule has 0 saturated carbocycles. The fourth-order valence-corrected chi connectivity index (χ4v) is 4.49. The number of benzene rings is 2. The van der Waals surface area contributed by atoms with Crippen molar-refractivity contribution < 1.29 is 36.6 Å². The highest BCUT2D eigenvalue weighted by molar-refractivity contribution is 7.89. The number of rotatable bonds is 9. The predicted molar refractivity (Wildman–Crippen MR) is 121 cm³/mol. The second-order valence-corrected chi connectivity index (χ2v) is 9.19. The molecular weight excluding hydrogens is 466 g/mol. The van der Waals surface area contributed by atoms with Crippen LogP contribution in [0.3, 0.4) is 0 Å². The second-order valence-electron chi connectivity index (χ2n) is 7.42. The molecule has 0 spiro atoms. The average molecular weight is 490 g/mol. The van der Waals surface area contributed by atoms with Crippen molar-refractivity contribution in [3.8, 4) is 17.2 Å². The summed E-state index contributed by atoms with van der Waals surface area (Å²) in [6.45, 7) is 0.694. The van der Waals surface area contributed by atoms with Crippen LogP contribution in [0.4, 0.5) is 0 Å². The van der Waals surface area contributed by atoms with Gasteiger partial charge in [-0.3, -0.25) is 4.79 Å². The summed E-state index contributed by atoms with van der Waals surface area (Å²) < 4.78 is 53.8. The van der Waals surface area contributed by atoms with Crippen molar-refractivity contribution in [3.05, 3.63) is 58.4 Å². The zero-order valence-corrected chi connectivity index (χ0v) is 19.2. The van der Waals surface area contributed by atoms with Crippen molar-refractivity contribution >= 4 is 27.0 Å². The Kier molecular flexibility index (Phi) is 7.03. The van der Waals surface area contributed by atoms with Crippen molar-refractivity contribution in [2.45, 2.75) is 24.3 Å². The first-order valence-electron chi connectivity index (χ1n) is 10.5. The SMILES string of the molecule is COc1ccc2c(COC(=O)CCCNS(=O)(=O)c3ccc4c(c3)OCCO4)cc(=O)oc2c1. The van der Waals surface area contributed by atoms with E-state index in [4.69, 9.17) is 23.4 Å². The molecule has 0 fully saturated rings. The van der Waals surface area contributed by atoms with Crippen molar-refractivity contribution in [2.75, 3.05) is 26.9 Å². The van der Waals surface area contributed by atoms with Gasteiger partial charge in [-0.1, -0.05) is 0 Å². The first kappa shape index (κ1) is 23.6. The average Bonchev–Trinajstić information content (AvgIpc) is 2.84. The fraction of sp³-hybridized carbons (Fsp3) is 0.304. The van der Waals surface area contributed by atoms with E-state index in [2.05, 4.69) is 4.72 Å². The number of methoxy groups -OCH3 is 1. The monoisotopic (exact) mass is 489 g/mol. The maximum Gasteiger partial charge on any atom is 0.336 e. The lowest BCUT2D eigenvalue weighted by atomic mass is 10.1. The zero-order valence-electron chi connectivity index (χ0n) is 18.4. The molecule has 0 bridgehead atoms. The summed E-state index contributed by atoms with van der Waals surface area (Å²) in [6, 6.07) is 10.7. The highest BCUT2D eigenvalue weighted by Crippen LogP contribution is 2.32. The molecule has 10 nitrogen and oxygen atoms in total. The maximum atomic E-state index is 12.5. The predicted octanol–water partition coefficient (Wildman–Crippen LogP) is 2.37. The quantitative estimate of drug-likeness (QED) is 0.273. The molecule has 0 saturated heterocycles. The van der Waals surface area contributed by atoms with Crippen molar-refractivity contribution in [1.29, 1.82) is 0 Å². The third kappa shape index (κ3) is 5.49. The molecule has 0 atom stereocenters. The highest BCUT2D eigenvalue weighted by Gasteiger charge is 2.19. The third-order valence-electron chi connectivity index (χ3n) is 5.10. The van der Waals surface area contributed by atoms with Crippen molar-refractivity contribution in [1.82, 2.24) is 4.72 Å². The van der Waals surface area contributed by atoms with Crippen molar-refractivity contribution in [2.24, 2.45) is 0 Å². The lowest BCUT2D eigenvalue weighted by Gasteiger charge is -2.18. The van der Waals surface area contributed by atoms with Crippen LogP contribution in [-0.2, 0) is 26.2 Å². The Morgan fingerprint density at radius 3 is 2.65 bits per heavy atom. The minimum Gasteiger partial charge on any atom is -0.497 e. The van der Waals surface area contributed by atoms with E-state index in [1.54, 1.807) is 24.3 Å². The van der Waals surface area contributed by atoms with Gasteiger partial charge < -0.3 is 23.4 Å². The largest absolute Gasteiger partial charge is 0.497 e.